The fourth-order valence-electron chi connectivity index (χ4n) is 0.615. The molecule has 0 aliphatic carbocycles. The van der Waals surface area contributed by atoms with Crippen molar-refractivity contribution in [1.82, 2.24) is 0 Å². The van der Waals surface area contributed by atoms with Crippen LogP contribution in [0, 0.1) is 5.41 Å². The maximum atomic E-state index is 6.70. The van der Waals surface area contributed by atoms with Gasteiger partial charge in [0.15, 0.2) is 0 Å². The summed E-state index contributed by atoms with van der Waals surface area (Å²) in [4.78, 5) is 7.57. The Morgan fingerprint density at radius 2 is 2.50 bits per heavy atom. The van der Waals surface area contributed by atoms with Crippen molar-refractivity contribution in [3.05, 3.63) is 24.4 Å². The van der Waals surface area contributed by atoms with Gasteiger partial charge in [-0.25, -0.2) is 4.99 Å². The molecule has 3 nitrogen and oxygen atoms in total. The van der Waals surface area contributed by atoms with Crippen molar-refractivity contribution in [2.75, 3.05) is 0 Å². The van der Waals surface area contributed by atoms with E-state index < -0.39 is 0 Å². The number of hydrogen-bond acceptors (Lipinski definition) is 2. The third-order valence-electron chi connectivity index (χ3n) is 1.08. The monoisotopic (exact) mass is 133 g/mol. The maximum Gasteiger partial charge on any atom is 0.107 e. The van der Waals surface area contributed by atoms with Crippen LogP contribution in [0.25, 0.3) is 0 Å². The van der Waals surface area contributed by atoms with Gasteiger partial charge < -0.3 is 0 Å². The van der Waals surface area contributed by atoms with Crippen LogP contribution in [0.3, 0.4) is 0 Å². The van der Waals surface area contributed by atoms with Crippen LogP contribution in [0.2, 0.25) is 0 Å². The summed E-state index contributed by atoms with van der Waals surface area (Å²) in [5.74, 6) is 0. The first kappa shape index (κ1) is 6.61. The molecule has 10 heavy (non-hydrogen) atoms. The highest BCUT2D eigenvalue weighted by atomic mass is 14.8. The Bertz CT molecular complexity index is 246. The molecule has 0 radical (unpaired) electrons. The van der Waals surface area contributed by atoms with E-state index in [0.717, 1.165) is 11.9 Å². The Balaban J connectivity index is 2.90. The Morgan fingerprint density at radius 1 is 1.70 bits per heavy atom. The molecule has 0 amide bonds. The van der Waals surface area contributed by atoms with Crippen LogP contribution in [-0.4, -0.2) is 18.3 Å². The highest BCUT2D eigenvalue weighted by Crippen LogP contribution is 1.99. The van der Waals surface area contributed by atoms with Gasteiger partial charge in [-0.15, -0.1) is 0 Å². The Kier molecular flexibility index (Phi) is 1.89. The topological polar surface area (TPSA) is 48.6 Å². The summed E-state index contributed by atoms with van der Waals surface area (Å²) < 4.78 is 0. The first-order chi connectivity index (χ1) is 4.84. The molecule has 0 aromatic rings. The normalized spacial score (nSPS) is 20.0. The fraction of sp³-hybridized carbons (Fsp3) is 0. The van der Waals surface area contributed by atoms with Crippen LogP contribution < -0.4 is 0 Å². The highest BCUT2D eigenvalue weighted by molar-refractivity contribution is 6.23. The lowest BCUT2D eigenvalue weighted by Crippen LogP contribution is -2.02. The minimum atomic E-state index is 0.699. The lowest BCUT2D eigenvalue weighted by Gasteiger charge is -1.99. The summed E-state index contributed by atoms with van der Waals surface area (Å²) in [5.41, 5.74) is 1.44. The summed E-state index contributed by atoms with van der Waals surface area (Å²) in [6.07, 6.45) is 5.94. The van der Waals surface area contributed by atoms with E-state index in [-0.39, 0.29) is 0 Å². The van der Waals surface area contributed by atoms with E-state index in [0.29, 0.717) is 5.71 Å². The molecule has 50 valence electrons. The molecule has 1 N–H and O–H groups in total. The van der Waals surface area contributed by atoms with Crippen molar-refractivity contribution in [1.29, 1.82) is 5.41 Å². The molecular formula is C7H7N3. The summed E-state index contributed by atoms with van der Waals surface area (Å²) in [6.45, 7) is 3.68. The van der Waals surface area contributed by atoms with Crippen LogP contribution in [-0.2, 0) is 0 Å². The third-order valence-corrected chi connectivity index (χ3v) is 1.08. The van der Waals surface area contributed by atoms with E-state index in [9.17, 15) is 0 Å². The lowest BCUT2D eigenvalue weighted by atomic mass is 10.2. The van der Waals surface area contributed by atoms with Gasteiger partial charge in [0.2, 0.25) is 0 Å². The second-order valence-electron chi connectivity index (χ2n) is 1.76. The first-order valence-electron chi connectivity index (χ1n) is 2.80. The number of hydrogen-bond donors (Lipinski definition) is 1. The number of nitrogens with zero attached hydrogens (tertiary/aromatic N) is 2. The van der Waals surface area contributed by atoms with Gasteiger partial charge in [0.1, 0.15) is 6.34 Å². The Labute approximate surface area is 59.0 Å². The second kappa shape index (κ2) is 2.87. The average molecular weight is 133 g/mol. The van der Waals surface area contributed by atoms with Crippen molar-refractivity contribution in [2.24, 2.45) is 9.98 Å². The van der Waals surface area contributed by atoms with E-state index in [4.69, 9.17) is 5.41 Å². The number of allylic oxidation sites excluding steroid dienone is 2. The third kappa shape index (κ3) is 1.25. The first-order valence-corrected chi connectivity index (χ1v) is 2.80. The molecule has 0 unspecified atom stereocenters. The molecule has 0 aromatic carbocycles. The quantitative estimate of drug-likeness (QED) is 0.412. The van der Waals surface area contributed by atoms with Crippen molar-refractivity contribution in [2.45, 2.75) is 0 Å². The number of aliphatic imine (C=N–C) groups is 2. The molecule has 0 spiro atoms. The largest absolute Gasteiger partial charge is 0.290 e. The molecule has 3 heteroatoms. The smallest absolute Gasteiger partial charge is 0.107 e. The summed E-state index contributed by atoms with van der Waals surface area (Å²) in [7, 11) is 0. The SMILES string of the molecule is C=C1C=NC=CC1=NC=N. The van der Waals surface area contributed by atoms with E-state index in [1.54, 1.807) is 18.5 Å². The molecule has 0 fully saturated rings. The second-order valence-corrected chi connectivity index (χ2v) is 1.76. The van der Waals surface area contributed by atoms with Gasteiger partial charge in [0, 0.05) is 18.0 Å². The van der Waals surface area contributed by atoms with Gasteiger partial charge in [0.25, 0.3) is 0 Å². The Hall–Kier alpha value is -1.51. The van der Waals surface area contributed by atoms with Crippen molar-refractivity contribution < 1.29 is 0 Å². The summed E-state index contributed by atoms with van der Waals surface area (Å²) >= 11 is 0. The van der Waals surface area contributed by atoms with Crippen LogP contribution in [0.15, 0.2) is 34.4 Å². The summed E-state index contributed by atoms with van der Waals surface area (Å²) in [5, 5.41) is 6.70. The predicted octanol–water partition coefficient (Wildman–Crippen LogP) is 1.19. The highest BCUT2D eigenvalue weighted by Gasteiger charge is 1.99. The number of rotatable bonds is 1. The average Bonchev–Trinajstić information content (AvgIpc) is 1.94. The van der Waals surface area contributed by atoms with Crippen LogP contribution in [0.1, 0.15) is 0 Å². The van der Waals surface area contributed by atoms with E-state index in [1.807, 2.05) is 0 Å². The molecule has 0 saturated carbocycles. The molecule has 0 saturated heterocycles. The maximum absolute atomic E-state index is 6.70. The van der Waals surface area contributed by atoms with E-state index >= 15 is 0 Å². The zero-order chi connectivity index (χ0) is 7.40. The predicted molar refractivity (Wildman–Crippen MR) is 43.0 cm³/mol. The minimum absolute atomic E-state index is 0.699. The minimum Gasteiger partial charge on any atom is -0.290 e. The van der Waals surface area contributed by atoms with Crippen molar-refractivity contribution in [3.63, 3.8) is 0 Å². The van der Waals surface area contributed by atoms with Gasteiger partial charge in [-0.05, 0) is 6.08 Å². The molecule has 0 bridgehead atoms. The standard InChI is InChI=1S/C7H7N3/c1-6-4-9-3-2-7(6)10-5-8/h2-5,8H,1H2. The van der Waals surface area contributed by atoms with Gasteiger partial charge >= 0.3 is 0 Å². The zero-order valence-corrected chi connectivity index (χ0v) is 5.41. The van der Waals surface area contributed by atoms with Crippen LogP contribution in [0.4, 0.5) is 0 Å². The Morgan fingerprint density at radius 3 is 3.10 bits per heavy atom. The van der Waals surface area contributed by atoms with E-state index in [2.05, 4.69) is 16.6 Å². The molecule has 0 atom stereocenters. The van der Waals surface area contributed by atoms with Crippen molar-refractivity contribution >= 4 is 18.3 Å². The lowest BCUT2D eigenvalue weighted by molar-refractivity contribution is 1.50. The van der Waals surface area contributed by atoms with Crippen molar-refractivity contribution in [3.8, 4) is 0 Å². The molecule has 1 aliphatic heterocycles. The van der Waals surface area contributed by atoms with Gasteiger partial charge in [0.05, 0.1) is 5.71 Å². The van der Waals surface area contributed by atoms with Crippen LogP contribution in [0.5, 0.6) is 0 Å². The number of nitrogens with one attached hydrogen (secondary N) is 1. The van der Waals surface area contributed by atoms with Gasteiger partial charge in [-0.3, -0.25) is 10.4 Å². The molecule has 1 aliphatic rings. The molecular weight excluding hydrogens is 126 g/mol. The zero-order valence-electron chi connectivity index (χ0n) is 5.41. The van der Waals surface area contributed by atoms with E-state index in [1.165, 1.54) is 0 Å². The van der Waals surface area contributed by atoms with Crippen LogP contribution >= 0.6 is 0 Å². The molecule has 1 heterocycles. The molecule has 1 rings (SSSR count). The van der Waals surface area contributed by atoms with Gasteiger partial charge in [-0.1, -0.05) is 6.58 Å². The van der Waals surface area contributed by atoms with Gasteiger partial charge in [-0.2, -0.15) is 0 Å². The summed E-state index contributed by atoms with van der Waals surface area (Å²) in [6, 6.07) is 0. The molecule has 0 aromatic heterocycles. The fourth-order valence-corrected chi connectivity index (χ4v) is 0.615.